The second-order valence-corrected chi connectivity index (χ2v) is 6.22. The van der Waals surface area contributed by atoms with Crippen LogP contribution in [-0.2, 0) is 11.3 Å². The number of nitriles is 1. The van der Waals surface area contributed by atoms with Crippen LogP contribution >= 0.6 is 11.3 Å². The van der Waals surface area contributed by atoms with E-state index in [1.807, 2.05) is 22.9 Å². The van der Waals surface area contributed by atoms with E-state index in [0.717, 1.165) is 5.56 Å². The van der Waals surface area contributed by atoms with Crippen molar-refractivity contribution in [1.82, 2.24) is 10.2 Å². The number of ether oxygens (including phenoxy) is 1. The number of thiophene rings is 1. The topological polar surface area (TPSA) is 65.4 Å². The van der Waals surface area contributed by atoms with Gasteiger partial charge in [-0.05, 0) is 40.6 Å². The number of carbonyl (C=O) groups is 1. The van der Waals surface area contributed by atoms with Gasteiger partial charge in [-0.2, -0.15) is 16.6 Å². The van der Waals surface area contributed by atoms with E-state index < -0.39 is 5.82 Å². The third-order valence-corrected chi connectivity index (χ3v) is 4.57. The first-order valence-electron chi connectivity index (χ1n) is 7.52. The van der Waals surface area contributed by atoms with Gasteiger partial charge in [0, 0.05) is 18.7 Å². The molecule has 3 rings (SSSR count). The molecule has 5 nitrogen and oxygen atoms in total. The van der Waals surface area contributed by atoms with Crippen LogP contribution in [0.3, 0.4) is 0 Å². The predicted molar refractivity (Wildman–Crippen MR) is 87.9 cm³/mol. The predicted octanol–water partition coefficient (Wildman–Crippen LogP) is 3.04. The Labute approximate surface area is 143 Å². The lowest BCUT2D eigenvalue weighted by molar-refractivity contribution is -0.0152. The van der Waals surface area contributed by atoms with Crippen molar-refractivity contribution < 1.29 is 13.9 Å². The summed E-state index contributed by atoms with van der Waals surface area (Å²) in [7, 11) is 0. The Morgan fingerprint density at radius 1 is 1.50 bits per heavy atom. The van der Waals surface area contributed by atoms with Gasteiger partial charge in [0.05, 0.1) is 24.8 Å². The molecule has 1 aromatic carbocycles. The van der Waals surface area contributed by atoms with Crippen LogP contribution in [0.5, 0.6) is 0 Å². The Morgan fingerprint density at radius 3 is 3.12 bits per heavy atom. The first kappa shape index (κ1) is 16.4. The van der Waals surface area contributed by atoms with E-state index in [0.29, 0.717) is 30.8 Å². The average molecular weight is 345 g/mol. The van der Waals surface area contributed by atoms with Crippen LogP contribution in [0.4, 0.5) is 9.18 Å². The van der Waals surface area contributed by atoms with Crippen molar-refractivity contribution in [2.24, 2.45) is 0 Å². The summed E-state index contributed by atoms with van der Waals surface area (Å²) in [6, 6.07) is 7.78. The molecule has 0 radical (unpaired) electrons. The van der Waals surface area contributed by atoms with E-state index in [2.05, 4.69) is 5.32 Å². The van der Waals surface area contributed by atoms with Gasteiger partial charge >= 0.3 is 6.03 Å². The minimum atomic E-state index is -0.438. The average Bonchev–Trinajstić information content (AvgIpc) is 3.15. The molecule has 7 heteroatoms. The molecule has 1 fully saturated rings. The molecule has 1 aliphatic heterocycles. The second kappa shape index (κ2) is 7.43. The number of carbonyl (C=O) groups excluding carboxylic acids is 1. The van der Waals surface area contributed by atoms with Gasteiger partial charge in [-0.3, -0.25) is 0 Å². The quantitative estimate of drug-likeness (QED) is 0.930. The minimum absolute atomic E-state index is 0.0423. The molecule has 1 atom stereocenters. The van der Waals surface area contributed by atoms with Gasteiger partial charge in [0.15, 0.2) is 0 Å². The van der Waals surface area contributed by atoms with E-state index >= 15 is 0 Å². The number of amides is 2. The third-order valence-electron chi connectivity index (χ3n) is 3.87. The molecule has 2 aromatic rings. The van der Waals surface area contributed by atoms with Crippen molar-refractivity contribution >= 4 is 17.4 Å². The molecular weight excluding hydrogens is 329 g/mol. The summed E-state index contributed by atoms with van der Waals surface area (Å²) in [5.74, 6) is -0.438. The van der Waals surface area contributed by atoms with Gasteiger partial charge in [-0.25, -0.2) is 9.18 Å². The first-order chi connectivity index (χ1) is 11.7. The Morgan fingerprint density at radius 2 is 2.38 bits per heavy atom. The maximum Gasteiger partial charge on any atom is 0.317 e. The molecule has 2 heterocycles. The molecule has 0 aliphatic carbocycles. The Hall–Kier alpha value is -2.43. The summed E-state index contributed by atoms with van der Waals surface area (Å²) in [5, 5.41) is 15.6. The molecule has 0 saturated carbocycles. The number of halogens is 1. The highest BCUT2D eigenvalue weighted by molar-refractivity contribution is 7.07. The molecule has 24 heavy (non-hydrogen) atoms. The molecule has 1 saturated heterocycles. The first-order valence-corrected chi connectivity index (χ1v) is 8.46. The van der Waals surface area contributed by atoms with Crippen LogP contribution in [0, 0.1) is 17.1 Å². The lowest BCUT2D eigenvalue weighted by Crippen LogP contribution is -2.46. The van der Waals surface area contributed by atoms with E-state index in [1.165, 1.54) is 18.2 Å². The van der Waals surface area contributed by atoms with E-state index in [1.54, 1.807) is 16.2 Å². The van der Waals surface area contributed by atoms with Crippen LogP contribution < -0.4 is 5.32 Å². The van der Waals surface area contributed by atoms with Crippen LogP contribution in [0.2, 0.25) is 0 Å². The Balaban J connectivity index is 1.60. The zero-order chi connectivity index (χ0) is 16.9. The number of nitrogens with zero attached hydrogens (tertiary/aromatic N) is 2. The summed E-state index contributed by atoms with van der Waals surface area (Å²) in [4.78, 5) is 14.0. The van der Waals surface area contributed by atoms with Crippen molar-refractivity contribution in [3.8, 4) is 6.07 Å². The van der Waals surface area contributed by atoms with Crippen molar-refractivity contribution in [3.05, 3.63) is 57.5 Å². The molecule has 1 N–H and O–H groups in total. The standard InChI is InChI=1S/C17H16FN3O2S/c18-15-2-1-12(8-19)7-14(15)9-20-17(22)21-4-5-23-16(10-21)13-3-6-24-11-13/h1-3,6-7,11,16H,4-5,9-10H2,(H,20,22). The second-order valence-electron chi connectivity index (χ2n) is 5.44. The highest BCUT2D eigenvalue weighted by Gasteiger charge is 2.25. The fourth-order valence-electron chi connectivity index (χ4n) is 2.56. The van der Waals surface area contributed by atoms with Crippen molar-refractivity contribution in [3.63, 3.8) is 0 Å². The van der Waals surface area contributed by atoms with E-state index in [9.17, 15) is 9.18 Å². The van der Waals surface area contributed by atoms with Crippen molar-refractivity contribution in [1.29, 1.82) is 5.26 Å². The maximum atomic E-state index is 13.8. The summed E-state index contributed by atoms with van der Waals surface area (Å²) < 4.78 is 19.5. The van der Waals surface area contributed by atoms with E-state index in [-0.39, 0.29) is 18.7 Å². The number of hydrogen-bond acceptors (Lipinski definition) is 4. The van der Waals surface area contributed by atoms with E-state index in [4.69, 9.17) is 10.00 Å². The highest BCUT2D eigenvalue weighted by atomic mass is 32.1. The SMILES string of the molecule is N#Cc1ccc(F)c(CNC(=O)N2CCOC(c3ccsc3)C2)c1. The Bertz CT molecular complexity index is 758. The monoisotopic (exact) mass is 345 g/mol. The summed E-state index contributed by atoms with van der Waals surface area (Å²) in [5.41, 5.74) is 1.72. The lowest BCUT2D eigenvalue weighted by atomic mass is 10.1. The van der Waals surface area contributed by atoms with Crippen molar-refractivity contribution in [2.45, 2.75) is 12.6 Å². The number of rotatable bonds is 3. The van der Waals surface area contributed by atoms with Gasteiger partial charge in [0.2, 0.25) is 0 Å². The maximum absolute atomic E-state index is 13.8. The summed E-state index contributed by atoms with van der Waals surface area (Å²) in [6.45, 7) is 1.46. The number of nitrogens with one attached hydrogen (secondary N) is 1. The van der Waals surface area contributed by atoms with Gasteiger partial charge in [-0.15, -0.1) is 0 Å². The fraction of sp³-hybridized carbons (Fsp3) is 0.294. The van der Waals surface area contributed by atoms with Crippen LogP contribution in [-0.4, -0.2) is 30.6 Å². The van der Waals surface area contributed by atoms with Crippen LogP contribution in [0.25, 0.3) is 0 Å². The molecule has 1 aromatic heterocycles. The number of morpholine rings is 1. The smallest absolute Gasteiger partial charge is 0.317 e. The number of hydrogen-bond donors (Lipinski definition) is 1. The van der Waals surface area contributed by atoms with Gasteiger partial charge in [-0.1, -0.05) is 0 Å². The number of urea groups is 1. The van der Waals surface area contributed by atoms with Gasteiger partial charge < -0.3 is 15.0 Å². The number of benzene rings is 1. The normalized spacial score (nSPS) is 17.3. The lowest BCUT2D eigenvalue weighted by Gasteiger charge is -2.32. The largest absolute Gasteiger partial charge is 0.370 e. The zero-order valence-electron chi connectivity index (χ0n) is 12.9. The third kappa shape index (κ3) is 3.72. The van der Waals surface area contributed by atoms with Gasteiger partial charge in [0.1, 0.15) is 11.9 Å². The minimum Gasteiger partial charge on any atom is -0.370 e. The highest BCUT2D eigenvalue weighted by Crippen LogP contribution is 2.24. The fourth-order valence-corrected chi connectivity index (χ4v) is 3.26. The van der Waals surface area contributed by atoms with Crippen LogP contribution in [0.15, 0.2) is 35.0 Å². The van der Waals surface area contributed by atoms with Gasteiger partial charge in [0.25, 0.3) is 0 Å². The molecule has 0 spiro atoms. The molecule has 124 valence electrons. The summed E-state index contributed by atoms with van der Waals surface area (Å²) >= 11 is 1.59. The Kier molecular flexibility index (Phi) is 5.08. The molecule has 0 bridgehead atoms. The molecule has 1 aliphatic rings. The molecule has 1 unspecified atom stereocenters. The zero-order valence-corrected chi connectivity index (χ0v) is 13.7. The summed E-state index contributed by atoms with van der Waals surface area (Å²) in [6.07, 6.45) is -0.130. The molecular formula is C17H16FN3O2S. The van der Waals surface area contributed by atoms with Crippen LogP contribution in [0.1, 0.15) is 22.8 Å². The molecule has 2 amide bonds. The van der Waals surface area contributed by atoms with Crippen molar-refractivity contribution in [2.75, 3.05) is 19.7 Å².